The van der Waals surface area contributed by atoms with Crippen molar-refractivity contribution in [1.29, 1.82) is 0 Å². The second-order valence-corrected chi connectivity index (χ2v) is 13.7. The molecule has 10 rings (SSSR count). The van der Waals surface area contributed by atoms with Crippen molar-refractivity contribution in [1.82, 2.24) is 15.0 Å². The first-order valence-electron chi connectivity index (χ1n) is 18.3. The van der Waals surface area contributed by atoms with Crippen LogP contribution in [0.1, 0.15) is 0 Å². The Morgan fingerprint density at radius 3 is 1.31 bits per heavy atom. The minimum absolute atomic E-state index is 0.637. The minimum atomic E-state index is 0.637. The molecule has 0 amide bonds. The molecular formula is C51H33N3. The Morgan fingerprint density at radius 2 is 0.648 bits per heavy atom. The summed E-state index contributed by atoms with van der Waals surface area (Å²) in [7, 11) is 0. The van der Waals surface area contributed by atoms with Crippen LogP contribution >= 0.6 is 0 Å². The molecule has 0 bridgehead atoms. The van der Waals surface area contributed by atoms with Gasteiger partial charge in [-0.15, -0.1) is 0 Å². The van der Waals surface area contributed by atoms with Gasteiger partial charge >= 0.3 is 0 Å². The van der Waals surface area contributed by atoms with Crippen LogP contribution in [-0.2, 0) is 0 Å². The lowest BCUT2D eigenvalue weighted by molar-refractivity contribution is 1.08. The smallest absolute Gasteiger partial charge is 0.164 e. The lowest BCUT2D eigenvalue weighted by Crippen LogP contribution is -2.01. The van der Waals surface area contributed by atoms with Crippen molar-refractivity contribution in [3.05, 3.63) is 200 Å². The minimum Gasteiger partial charge on any atom is -0.208 e. The van der Waals surface area contributed by atoms with E-state index < -0.39 is 0 Å². The normalized spacial score (nSPS) is 11.3. The molecule has 9 aromatic carbocycles. The fourth-order valence-electron chi connectivity index (χ4n) is 7.52. The van der Waals surface area contributed by atoms with Crippen LogP contribution in [0.15, 0.2) is 200 Å². The van der Waals surface area contributed by atoms with E-state index in [9.17, 15) is 0 Å². The summed E-state index contributed by atoms with van der Waals surface area (Å²) in [6.45, 7) is 0. The Morgan fingerprint density at radius 1 is 0.222 bits per heavy atom. The highest BCUT2D eigenvalue weighted by Crippen LogP contribution is 2.37. The van der Waals surface area contributed by atoms with Crippen LogP contribution in [0.2, 0.25) is 0 Å². The third-order valence-corrected chi connectivity index (χ3v) is 10.3. The maximum atomic E-state index is 5.17. The van der Waals surface area contributed by atoms with Gasteiger partial charge in [-0.1, -0.05) is 170 Å². The van der Waals surface area contributed by atoms with Crippen LogP contribution in [-0.4, -0.2) is 15.0 Å². The predicted molar refractivity (Wildman–Crippen MR) is 225 cm³/mol. The van der Waals surface area contributed by atoms with Crippen LogP contribution in [0, 0.1) is 0 Å². The summed E-state index contributed by atoms with van der Waals surface area (Å²) in [6, 6.07) is 70.7. The summed E-state index contributed by atoms with van der Waals surface area (Å²) >= 11 is 0. The van der Waals surface area contributed by atoms with Gasteiger partial charge in [-0.3, -0.25) is 0 Å². The van der Waals surface area contributed by atoms with Crippen molar-refractivity contribution in [2.75, 3.05) is 0 Å². The number of benzene rings is 9. The zero-order valence-corrected chi connectivity index (χ0v) is 29.4. The molecule has 0 atom stereocenters. The van der Waals surface area contributed by atoms with Gasteiger partial charge in [0, 0.05) is 16.7 Å². The van der Waals surface area contributed by atoms with E-state index in [1.165, 1.54) is 43.8 Å². The summed E-state index contributed by atoms with van der Waals surface area (Å²) in [5, 5.41) is 7.17. The first-order valence-corrected chi connectivity index (χ1v) is 18.3. The fraction of sp³-hybridized carbons (Fsp3) is 0. The van der Waals surface area contributed by atoms with Crippen molar-refractivity contribution in [3.8, 4) is 67.5 Å². The highest BCUT2D eigenvalue weighted by molar-refractivity contribution is 6.04. The fourth-order valence-corrected chi connectivity index (χ4v) is 7.52. The van der Waals surface area contributed by atoms with Crippen LogP contribution < -0.4 is 0 Å². The summed E-state index contributed by atoms with van der Waals surface area (Å²) < 4.78 is 0. The molecule has 54 heavy (non-hydrogen) atoms. The quantitative estimate of drug-likeness (QED) is 0.175. The van der Waals surface area contributed by atoms with Gasteiger partial charge in [-0.05, 0) is 96.0 Å². The van der Waals surface area contributed by atoms with Crippen molar-refractivity contribution >= 4 is 32.3 Å². The van der Waals surface area contributed by atoms with E-state index in [1.807, 2.05) is 18.2 Å². The molecule has 0 aliphatic carbocycles. The third kappa shape index (κ3) is 5.88. The van der Waals surface area contributed by atoms with E-state index in [1.54, 1.807) is 0 Å². The molecule has 1 aromatic heterocycles. The first kappa shape index (κ1) is 31.5. The lowest BCUT2D eigenvalue weighted by atomic mass is 9.94. The zero-order valence-electron chi connectivity index (χ0n) is 29.4. The number of rotatable bonds is 6. The van der Waals surface area contributed by atoms with Gasteiger partial charge in [0.1, 0.15) is 0 Å². The molecule has 0 N–H and O–H groups in total. The molecule has 3 nitrogen and oxygen atoms in total. The highest BCUT2D eigenvalue weighted by Gasteiger charge is 2.16. The maximum absolute atomic E-state index is 5.17. The molecule has 10 aromatic rings. The lowest BCUT2D eigenvalue weighted by Gasteiger charge is -2.13. The second kappa shape index (κ2) is 13.4. The maximum Gasteiger partial charge on any atom is 0.164 e. The molecule has 252 valence electrons. The Kier molecular flexibility index (Phi) is 7.81. The van der Waals surface area contributed by atoms with Gasteiger partial charge < -0.3 is 0 Å². The molecule has 0 aliphatic rings. The summed E-state index contributed by atoms with van der Waals surface area (Å²) in [5.41, 5.74) is 9.89. The average molecular weight is 688 g/mol. The monoisotopic (exact) mass is 687 g/mol. The Balaban J connectivity index is 1.05. The van der Waals surface area contributed by atoms with Crippen LogP contribution in [0.5, 0.6) is 0 Å². The van der Waals surface area contributed by atoms with Gasteiger partial charge in [0.15, 0.2) is 17.5 Å². The first-order chi connectivity index (χ1) is 26.7. The zero-order chi connectivity index (χ0) is 35.8. The van der Waals surface area contributed by atoms with E-state index in [0.717, 1.165) is 38.6 Å². The molecule has 0 aliphatic heterocycles. The molecule has 0 saturated carbocycles. The number of hydrogen-bond acceptors (Lipinski definition) is 3. The van der Waals surface area contributed by atoms with Crippen molar-refractivity contribution in [2.24, 2.45) is 0 Å². The molecule has 3 heteroatoms. The van der Waals surface area contributed by atoms with E-state index >= 15 is 0 Å². The molecular weight excluding hydrogens is 655 g/mol. The van der Waals surface area contributed by atoms with Crippen molar-refractivity contribution in [2.45, 2.75) is 0 Å². The Labute approximate surface area is 313 Å². The molecule has 0 unspecified atom stereocenters. The molecule has 1 heterocycles. The van der Waals surface area contributed by atoms with E-state index in [2.05, 4.69) is 182 Å². The second-order valence-electron chi connectivity index (χ2n) is 13.7. The van der Waals surface area contributed by atoms with Gasteiger partial charge in [0.25, 0.3) is 0 Å². The van der Waals surface area contributed by atoms with Crippen molar-refractivity contribution in [3.63, 3.8) is 0 Å². The summed E-state index contributed by atoms with van der Waals surface area (Å²) in [6.07, 6.45) is 0. The van der Waals surface area contributed by atoms with Gasteiger partial charge in [-0.25, -0.2) is 15.0 Å². The predicted octanol–water partition coefficient (Wildman–Crippen LogP) is 13.3. The average Bonchev–Trinajstić information content (AvgIpc) is 3.26. The topological polar surface area (TPSA) is 38.7 Å². The largest absolute Gasteiger partial charge is 0.208 e. The number of hydrogen-bond donors (Lipinski definition) is 0. The van der Waals surface area contributed by atoms with Gasteiger partial charge in [0.2, 0.25) is 0 Å². The molecule has 0 radical (unpaired) electrons. The van der Waals surface area contributed by atoms with Crippen LogP contribution in [0.4, 0.5) is 0 Å². The van der Waals surface area contributed by atoms with Gasteiger partial charge in [-0.2, -0.15) is 0 Å². The molecule has 0 fully saturated rings. The summed E-state index contributed by atoms with van der Waals surface area (Å²) in [5.74, 6) is 1.93. The summed E-state index contributed by atoms with van der Waals surface area (Å²) in [4.78, 5) is 15.3. The number of aromatic nitrogens is 3. The van der Waals surface area contributed by atoms with Crippen molar-refractivity contribution < 1.29 is 0 Å². The SMILES string of the molecule is c1ccc(-c2nc(-c3cccc(-c4ccc5cc(-c6ccc7ccccc7c6)ccc5c4)c3)nc(-c3ccc(-c4ccccc4)c4ccccc34)n2)cc1. The van der Waals surface area contributed by atoms with Gasteiger partial charge in [0.05, 0.1) is 0 Å². The Bertz CT molecular complexity index is 2990. The van der Waals surface area contributed by atoms with Crippen LogP contribution in [0.3, 0.4) is 0 Å². The molecule has 0 saturated heterocycles. The van der Waals surface area contributed by atoms with E-state index in [-0.39, 0.29) is 0 Å². The Hall–Kier alpha value is -7.23. The van der Waals surface area contributed by atoms with E-state index in [0.29, 0.717) is 17.5 Å². The number of nitrogens with zero attached hydrogens (tertiary/aromatic N) is 3. The van der Waals surface area contributed by atoms with E-state index in [4.69, 9.17) is 15.0 Å². The standard InChI is InChI=1S/C51H33N3/c1-3-13-35(14-4-1)45-28-29-48(47-21-10-9-20-46(45)47)51-53-49(36-15-5-2-6-16-36)52-50(54-51)44-19-11-18-38(33-44)39-24-25-43-32-42(27-26-41(43)31-39)40-23-22-34-12-7-8-17-37(34)30-40/h1-33H. The highest BCUT2D eigenvalue weighted by atomic mass is 15.0. The molecule has 0 spiro atoms. The number of fused-ring (bicyclic) bond motifs is 3. The van der Waals surface area contributed by atoms with Crippen LogP contribution in [0.25, 0.3) is 99.9 Å². The third-order valence-electron chi connectivity index (χ3n) is 10.3.